The second kappa shape index (κ2) is 8.31. The summed E-state index contributed by atoms with van der Waals surface area (Å²) in [5.74, 6) is 0.0186. The van der Waals surface area contributed by atoms with Gasteiger partial charge in [0.2, 0.25) is 10.0 Å². The Balaban J connectivity index is 1.60. The molecule has 152 valence electrons. The first kappa shape index (κ1) is 20.2. The minimum absolute atomic E-state index is 0.0173. The molecule has 3 aromatic carbocycles. The molecule has 6 nitrogen and oxygen atoms in total. The van der Waals surface area contributed by atoms with Crippen molar-refractivity contribution in [3.63, 3.8) is 0 Å². The van der Waals surface area contributed by atoms with Crippen LogP contribution in [0.5, 0.6) is 0 Å². The van der Waals surface area contributed by atoms with E-state index >= 15 is 0 Å². The number of carbonyl (C=O) groups excluding carboxylic acids is 1. The molecule has 0 radical (unpaired) electrons. The van der Waals surface area contributed by atoms with E-state index in [1.807, 2.05) is 36.4 Å². The highest BCUT2D eigenvalue weighted by Crippen LogP contribution is 2.26. The average molecular weight is 441 g/mol. The molecule has 30 heavy (non-hydrogen) atoms. The van der Waals surface area contributed by atoms with Crippen LogP contribution in [0.4, 0.5) is 5.69 Å². The fourth-order valence-electron chi connectivity index (χ4n) is 3.04. The normalized spacial score (nSPS) is 11.5. The van der Waals surface area contributed by atoms with Crippen LogP contribution in [0.1, 0.15) is 16.1 Å². The lowest BCUT2D eigenvalue weighted by molar-refractivity contribution is 0.102. The zero-order valence-corrected chi connectivity index (χ0v) is 17.2. The summed E-state index contributed by atoms with van der Waals surface area (Å²) in [6, 6.07) is 20.7. The maximum atomic E-state index is 12.8. The third-order valence-electron chi connectivity index (χ3n) is 4.54. The Bertz CT molecular complexity index is 1310. The third kappa shape index (κ3) is 4.23. The van der Waals surface area contributed by atoms with Gasteiger partial charge in [0.25, 0.3) is 5.91 Å². The first-order valence-electron chi connectivity index (χ1n) is 9.05. The number of anilines is 1. The van der Waals surface area contributed by atoms with Crippen molar-refractivity contribution in [3.05, 3.63) is 95.4 Å². The molecule has 2 N–H and O–H groups in total. The van der Waals surface area contributed by atoms with Gasteiger partial charge in [0, 0.05) is 16.6 Å². The summed E-state index contributed by atoms with van der Waals surface area (Å²) in [6.07, 6.45) is 1.45. The second-order valence-electron chi connectivity index (χ2n) is 6.53. The van der Waals surface area contributed by atoms with Crippen molar-refractivity contribution < 1.29 is 17.6 Å². The van der Waals surface area contributed by atoms with E-state index in [9.17, 15) is 13.2 Å². The molecule has 0 bridgehead atoms. The zero-order valence-electron chi connectivity index (χ0n) is 15.6. The first-order chi connectivity index (χ1) is 14.4. The summed E-state index contributed by atoms with van der Waals surface area (Å²) in [6.45, 7) is -0.0297. The average Bonchev–Trinajstić information content (AvgIpc) is 3.26. The van der Waals surface area contributed by atoms with Crippen molar-refractivity contribution in [1.29, 1.82) is 0 Å². The topological polar surface area (TPSA) is 88.4 Å². The summed E-state index contributed by atoms with van der Waals surface area (Å²) in [4.78, 5) is 12.6. The Kier molecular flexibility index (Phi) is 5.59. The van der Waals surface area contributed by atoms with Crippen LogP contribution in [0, 0.1) is 0 Å². The molecule has 0 aliphatic carbocycles. The number of nitrogens with one attached hydrogen (secondary N) is 2. The van der Waals surface area contributed by atoms with E-state index in [-0.39, 0.29) is 22.0 Å². The SMILES string of the molecule is O=C(Nc1cccc2ccccc12)c1ccc(Cl)c(S(=O)(=O)NCc2ccco2)c1. The van der Waals surface area contributed by atoms with Gasteiger partial charge in [0.1, 0.15) is 10.7 Å². The molecular weight excluding hydrogens is 424 g/mol. The number of rotatable bonds is 6. The maximum absolute atomic E-state index is 12.8. The van der Waals surface area contributed by atoms with Crippen LogP contribution in [0.2, 0.25) is 5.02 Å². The van der Waals surface area contributed by atoms with Gasteiger partial charge >= 0.3 is 0 Å². The number of carbonyl (C=O) groups is 1. The van der Waals surface area contributed by atoms with Gasteiger partial charge in [0.05, 0.1) is 17.8 Å². The Hall–Kier alpha value is -3.13. The number of hydrogen-bond donors (Lipinski definition) is 2. The lowest BCUT2D eigenvalue weighted by atomic mass is 10.1. The number of amides is 1. The first-order valence-corrected chi connectivity index (χ1v) is 10.9. The highest BCUT2D eigenvalue weighted by atomic mass is 35.5. The van der Waals surface area contributed by atoms with Crippen LogP contribution in [0.3, 0.4) is 0 Å². The molecule has 0 saturated carbocycles. The number of sulfonamides is 1. The van der Waals surface area contributed by atoms with Gasteiger partial charge in [-0.3, -0.25) is 4.79 Å². The molecule has 0 aliphatic rings. The zero-order chi connectivity index (χ0) is 21.1. The predicted octanol–water partition coefficient (Wildman–Crippen LogP) is 4.82. The molecular formula is C22H17ClN2O4S. The van der Waals surface area contributed by atoms with Crippen LogP contribution < -0.4 is 10.0 Å². The van der Waals surface area contributed by atoms with Gasteiger partial charge in [-0.05, 0) is 41.8 Å². The molecule has 4 aromatic rings. The van der Waals surface area contributed by atoms with E-state index in [2.05, 4.69) is 10.0 Å². The highest BCUT2D eigenvalue weighted by Gasteiger charge is 2.21. The fourth-order valence-corrected chi connectivity index (χ4v) is 4.55. The third-order valence-corrected chi connectivity index (χ3v) is 6.42. The van der Waals surface area contributed by atoms with E-state index in [1.54, 1.807) is 18.2 Å². The molecule has 1 heterocycles. The van der Waals surface area contributed by atoms with Gasteiger partial charge in [-0.2, -0.15) is 0 Å². The summed E-state index contributed by atoms with van der Waals surface area (Å²) in [5, 5.41) is 4.73. The van der Waals surface area contributed by atoms with E-state index in [0.29, 0.717) is 11.4 Å². The molecule has 1 amide bonds. The summed E-state index contributed by atoms with van der Waals surface area (Å²) >= 11 is 6.11. The largest absolute Gasteiger partial charge is 0.468 e. The highest BCUT2D eigenvalue weighted by molar-refractivity contribution is 7.89. The van der Waals surface area contributed by atoms with Crippen LogP contribution in [-0.4, -0.2) is 14.3 Å². The van der Waals surface area contributed by atoms with Crippen molar-refractivity contribution in [3.8, 4) is 0 Å². The van der Waals surface area contributed by atoms with Crippen molar-refractivity contribution in [2.75, 3.05) is 5.32 Å². The van der Waals surface area contributed by atoms with Crippen LogP contribution in [-0.2, 0) is 16.6 Å². The van der Waals surface area contributed by atoms with Gasteiger partial charge in [-0.25, -0.2) is 13.1 Å². The number of halogens is 1. The Morgan fingerprint density at radius 1 is 0.967 bits per heavy atom. The lowest BCUT2D eigenvalue weighted by Crippen LogP contribution is -2.24. The number of furan rings is 1. The molecule has 0 aliphatic heterocycles. The van der Waals surface area contributed by atoms with Gasteiger partial charge in [-0.1, -0.05) is 48.0 Å². The smallest absolute Gasteiger partial charge is 0.255 e. The number of benzene rings is 3. The second-order valence-corrected chi connectivity index (χ2v) is 8.67. The Labute approximate surface area is 178 Å². The molecule has 1 aromatic heterocycles. The van der Waals surface area contributed by atoms with Gasteiger partial charge in [0.15, 0.2) is 0 Å². The molecule has 0 saturated heterocycles. The Morgan fingerprint density at radius 3 is 2.57 bits per heavy atom. The fraction of sp³-hybridized carbons (Fsp3) is 0.0455. The van der Waals surface area contributed by atoms with E-state index in [1.165, 1.54) is 24.5 Å². The van der Waals surface area contributed by atoms with Crippen molar-refractivity contribution in [2.24, 2.45) is 0 Å². The number of fused-ring (bicyclic) bond motifs is 1. The molecule has 0 unspecified atom stereocenters. The van der Waals surface area contributed by atoms with Crippen LogP contribution >= 0.6 is 11.6 Å². The minimum Gasteiger partial charge on any atom is -0.468 e. The van der Waals surface area contributed by atoms with Crippen molar-refractivity contribution in [1.82, 2.24) is 4.72 Å². The molecule has 4 rings (SSSR count). The molecule has 0 spiro atoms. The number of hydrogen-bond acceptors (Lipinski definition) is 4. The van der Waals surface area contributed by atoms with E-state index < -0.39 is 15.9 Å². The molecule has 0 fully saturated rings. The lowest BCUT2D eigenvalue weighted by Gasteiger charge is -2.11. The Morgan fingerprint density at radius 2 is 1.77 bits per heavy atom. The van der Waals surface area contributed by atoms with Crippen LogP contribution in [0.25, 0.3) is 10.8 Å². The summed E-state index contributed by atoms with van der Waals surface area (Å²) < 4.78 is 32.9. The maximum Gasteiger partial charge on any atom is 0.255 e. The summed E-state index contributed by atoms with van der Waals surface area (Å²) in [7, 11) is -3.95. The monoisotopic (exact) mass is 440 g/mol. The van der Waals surface area contributed by atoms with Crippen molar-refractivity contribution >= 4 is 44.0 Å². The minimum atomic E-state index is -3.95. The van der Waals surface area contributed by atoms with Gasteiger partial charge in [-0.15, -0.1) is 0 Å². The van der Waals surface area contributed by atoms with Gasteiger partial charge < -0.3 is 9.73 Å². The molecule has 8 heteroatoms. The quantitative estimate of drug-likeness (QED) is 0.450. The standard InChI is InChI=1S/C22H17ClN2O4S/c23-19-11-10-16(13-21(19)30(27,28)24-14-17-7-4-12-29-17)22(26)25-20-9-3-6-15-5-1-2-8-18(15)20/h1-13,24H,14H2,(H,25,26). The van der Waals surface area contributed by atoms with E-state index in [0.717, 1.165) is 10.8 Å². The summed E-state index contributed by atoms with van der Waals surface area (Å²) in [5.41, 5.74) is 0.805. The molecule has 0 atom stereocenters. The van der Waals surface area contributed by atoms with E-state index in [4.69, 9.17) is 16.0 Å². The van der Waals surface area contributed by atoms with Crippen LogP contribution in [0.15, 0.2) is 88.4 Å². The van der Waals surface area contributed by atoms with Crippen molar-refractivity contribution in [2.45, 2.75) is 11.4 Å². The predicted molar refractivity (Wildman–Crippen MR) is 116 cm³/mol.